The average molecular weight is 375 g/mol. The molecule has 0 bridgehead atoms. The molecular weight excluding hydrogens is 351 g/mol. The topological polar surface area (TPSA) is 64.6 Å². The minimum atomic E-state index is -4.07. The maximum Gasteiger partial charge on any atom is 0.407 e. The number of rotatable bonds is 6. The van der Waals surface area contributed by atoms with Crippen molar-refractivity contribution in [3.63, 3.8) is 0 Å². The second kappa shape index (κ2) is 8.42. The fraction of sp³-hybridized carbons (Fsp3) is 0.556. The zero-order chi connectivity index (χ0) is 20.1. The number of amides is 1. The van der Waals surface area contributed by atoms with Crippen molar-refractivity contribution in [2.45, 2.75) is 58.6 Å². The van der Waals surface area contributed by atoms with E-state index in [9.17, 15) is 22.8 Å². The Bertz CT molecular complexity index is 656. The molecule has 0 aliphatic heterocycles. The van der Waals surface area contributed by atoms with E-state index in [1.165, 1.54) is 13.0 Å². The Balaban J connectivity index is 2.81. The Morgan fingerprint density at radius 1 is 1.23 bits per heavy atom. The number of benzene rings is 1. The molecule has 0 saturated heterocycles. The fourth-order valence-corrected chi connectivity index (χ4v) is 2.19. The lowest BCUT2D eigenvalue weighted by molar-refractivity contribution is -0.173. The van der Waals surface area contributed by atoms with Crippen LogP contribution in [0.5, 0.6) is 0 Å². The van der Waals surface area contributed by atoms with Crippen LogP contribution in [0.4, 0.5) is 18.0 Å². The van der Waals surface area contributed by atoms with E-state index in [0.717, 1.165) is 12.1 Å². The van der Waals surface area contributed by atoms with Crippen LogP contribution in [0.15, 0.2) is 18.2 Å². The molecule has 0 heterocycles. The molecule has 0 aliphatic rings. The van der Waals surface area contributed by atoms with Crippen LogP contribution in [-0.4, -0.2) is 30.3 Å². The molecule has 1 atom stereocenters. The number of carbonyl (C=O) groups excluding carboxylic acids is 2. The highest BCUT2D eigenvalue weighted by Gasteiger charge is 2.44. The second-order valence-electron chi connectivity index (χ2n) is 6.86. The van der Waals surface area contributed by atoms with E-state index in [0.29, 0.717) is 5.56 Å². The third-order valence-corrected chi connectivity index (χ3v) is 3.21. The summed E-state index contributed by atoms with van der Waals surface area (Å²) in [4.78, 5) is 23.0. The number of hydrogen-bond donors (Lipinski definition) is 1. The standard InChI is InChI=1S/C18H24F3NO4/c1-6-25-15(23)18(20,21)13-8-7-12(10-14(13)19)9-11(2)22-16(24)26-17(3,4)5/h7-8,10-11H,6,9H2,1-5H3,(H,22,24). The molecule has 26 heavy (non-hydrogen) atoms. The van der Waals surface area contributed by atoms with E-state index < -0.39 is 41.0 Å². The average Bonchev–Trinajstić information content (AvgIpc) is 2.44. The largest absolute Gasteiger partial charge is 0.461 e. The van der Waals surface area contributed by atoms with Crippen molar-refractivity contribution < 1.29 is 32.2 Å². The minimum Gasteiger partial charge on any atom is -0.461 e. The summed E-state index contributed by atoms with van der Waals surface area (Å²) in [6.45, 7) is 7.97. The first-order chi connectivity index (χ1) is 11.9. The summed E-state index contributed by atoms with van der Waals surface area (Å²) in [5, 5.41) is 2.58. The number of esters is 1. The summed E-state index contributed by atoms with van der Waals surface area (Å²) in [5.41, 5.74) is -1.32. The zero-order valence-electron chi connectivity index (χ0n) is 15.5. The summed E-state index contributed by atoms with van der Waals surface area (Å²) in [5.74, 6) is -7.09. The van der Waals surface area contributed by atoms with E-state index >= 15 is 0 Å². The van der Waals surface area contributed by atoms with Gasteiger partial charge in [0.1, 0.15) is 11.4 Å². The summed E-state index contributed by atoms with van der Waals surface area (Å²) in [6.07, 6.45) is -0.433. The molecular formula is C18H24F3NO4. The third kappa shape index (κ3) is 6.24. The van der Waals surface area contributed by atoms with Gasteiger partial charge in [-0.1, -0.05) is 6.07 Å². The van der Waals surface area contributed by atoms with Crippen LogP contribution in [0.25, 0.3) is 0 Å². The molecule has 0 radical (unpaired) electrons. The van der Waals surface area contributed by atoms with Gasteiger partial charge in [0.2, 0.25) is 0 Å². The number of alkyl halides is 2. The van der Waals surface area contributed by atoms with E-state index in [2.05, 4.69) is 10.1 Å². The van der Waals surface area contributed by atoms with E-state index in [4.69, 9.17) is 4.74 Å². The number of halogens is 3. The Kier molecular flexibility index (Phi) is 7.06. The molecule has 1 N–H and O–H groups in total. The summed E-state index contributed by atoms with van der Waals surface area (Å²) in [6, 6.07) is 2.62. The molecule has 1 aromatic rings. The maximum absolute atomic E-state index is 14.1. The van der Waals surface area contributed by atoms with Gasteiger partial charge in [0.05, 0.1) is 12.2 Å². The van der Waals surface area contributed by atoms with Crippen LogP contribution in [0.2, 0.25) is 0 Å². The van der Waals surface area contributed by atoms with Gasteiger partial charge >= 0.3 is 18.0 Å². The lowest BCUT2D eigenvalue weighted by Crippen LogP contribution is -2.38. The van der Waals surface area contributed by atoms with Crippen LogP contribution in [0, 0.1) is 5.82 Å². The van der Waals surface area contributed by atoms with Crippen molar-refractivity contribution in [3.05, 3.63) is 35.1 Å². The summed E-state index contributed by atoms with van der Waals surface area (Å²) < 4.78 is 51.3. The van der Waals surface area contributed by atoms with Gasteiger partial charge < -0.3 is 14.8 Å². The van der Waals surface area contributed by atoms with Gasteiger partial charge in [-0.25, -0.2) is 14.0 Å². The van der Waals surface area contributed by atoms with E-state index in [1.54, 1.807) is 27.7 Å². The van der Waals surface area contributed by atoms with Gasteiger partial charge in [0.15, 0.2) is 0 Å². The molecule has 1 amide bonds. The van der Waals surface area contributed by atoms with Gasteiger partial charge in [-0.3, -0.25) is 0 Å². The minimum absolute atomic E-state index is 0.196. The maximum atomic E-state index is 14.1. The molecule has 8 heteroatoms. The van der Waals surface area contributed by atoms with Gasteiger partial charge in [0.25, 0.3) is 0 Å². The molecule has 146 valence electrons. The number of carbonyl (C=O) groups is 2. The third-order valence-electron chi connectivity index (χ3n) is 3.21. The lowest BCUT2D eigenvalue weighted by atomic mass is 10.0. The monoisotopic (exact) mass is 375 g/mol. The van der Waals surface area contributed by atoms with Crippen molar-refractivity contribution in [1.82, 2.24) is 5.32 Å². The van der Waals surface area contributed by atoms with Crippen LogP contribution in [-0.2, 0) is 26.6 Å². The number of hydrogen-bond acceptors (Lipinski definition) is 4. The van der Waals surface area contributed by atoms with E-state index in [-0.39, 0.29) is 13.0 Å². The first-order valence-corrected chi connectivity index (χ1v) is 8.20. The molecule has 0 aromatic heterocycles. The highest BCUT2D eigenvalue weighted by Crippen LogP contribution is 2.32. The lowest BCUT2D eigenvalue weighted by Gasteiger charge is -2.22. The normalized spacial score (nSPS) is 13.1. The van der Waals surface area contributed by atoms with Gasteiger partial charge in [0, 0.05) is 6.04 Å². The molecule has 1 aromatic carbocycles. The first-order valence-electron chi connectivity index (χ1n) is 8.20. The predicted octanol–water partition coefficient (Wildman–Crippen LogP) is 3.94. The smallest absolute Gasteiger partial charge is 0.407 e. The van der Waals surface area contributed by atoms with E-state index in [1.807, 2.05) is 0 Å². The molecule has 0 aliphatic carbocycles. The number of nitrogens with one attached hydrogen (secondary N) is 1. The van der Waals surface area contributed by atoms with Crippen molar-refractivity contribution in [2.75, 3.05) is 6.61 Å². The summed E-state index contributed by atoms with van der Waals surface area (Å²) >= 11 is 0. The van der Waals surface area contributed by atoms with Crippen LogP contribution < -0.4 is 5.32 Å². The summed E-state index contributed by atoms with van der Waals surface area (Å²) in [7, 11) is 0. The molecule has 5 nitrogen and oxygen atoms in total. The van der Waals surface area contributed by atoms with Crippen LogP contribution in [0.1, 0.15) is 45.7 Å². The fourth-order valence-electron chi connectivity index (χ4n) is 2.19. The highest BCUT2D eigenvalue weighted by molar-refractivity contribution is 5.79. The molecule has 0 saturated carbocycles. The van der Waals surface area contributed by atoms with Crippen molar-refractivity contribution in [2.24, 2.45) is 0 Å². The van der Waals surface area contributed by atoms with Gasteiger partial charge in [-0.2, -0.15) is 8.78 Å². The SMILES string of the molecule is CCOC(=O)C(F)(F)c1ccc(CC(C)NC(=O)OC(C)(C)C)cc1F. The Morgan fingerprint density at radius 3 is 2.35 bits per heavy atom. The van der Waals surface area contributed by atoms with Crippen molar-refractivity contribution in [3.8, 4) is 0 Å². The van der Waals surface area contributed by atoms with Crippen molar-refractivity contribution in [1.29, 1.82) is 0 Å². The van der Waals surface area contributed by atoms with Crippen LogP contribution >= 0.6 is 0 Å². The molecule has 0 spiro atoms. The Labute approximate surface area is 150 Å². The zero-order valence-corrected chi connectivity index (χ0v) is 15.5. The quantitative estimate of drug-likeness (QED) is 0.765. The molecule has 1 rings (SSSR count). The Morgan fingerprint density at radius 2 is 1.85 bits per heavy atom. The highest BCUT2D eigenvalue weighted by atomic mass is 19.3. The second-order valence-corrected chi connectivity index (χ2v) is 6.86. The van der Waals surface area contributed by atoms with Gasteiger partial charge in [-0.15, -0.1) is 0 Å². The molecule has 1 unspecified atom stereocenters. The first kappa shape index (κ1) is 21.8. The Hall–Kier alpha value is -2.25. The predicted molar refractivity (Wildman–Crippen MR) is 89.5 cm³/mol. The van der Waals surface area contributed by atoms with Gasteiger partial charge in [-0.05, 0) is 58.7 Å². The van der Waals surface area contributed by atoms with Crippen LogP contribution in [0.3, 0.4) is 0 Å². The number of alkyl carbamates (subject to hydrolysis) is 1. The van der Waals surface area contributed by atoms with Crippen molar-refractivity contribution >= 4 is 12.1 Å². The molecule has 0 fully saturated rings. The number of ether oxygens (including phenoxy) is 2.